The molecule has 0 fully saturated rings. The van der Waals surface area contributed by atoms with E-state index in [1.807, 2.05) is 23.6 Å². The zero-order valence-corrected chi connectivity index (χ0v) is 16.2. The van der Waals surface area contributed by atoms with Crippen LogP contribution in [0.2, 0.25) is 0 Å². The van der Waals surface area contributed by atoms with E-state index in [1.165, 1.54) is 11.3 Å². The molecule has 28 heavy (non-hydrogen) atoms. The number of thiazole rings is 1. The second kappa shape index (κ2) is 7.40. The van der Waals surface area contributed by atoms with E-state index < -0.39 is 0 Å². The molecule has 2 N–H and O–H groups in total. The van der Waals surface area contributed by atoms with Crippen LogP contribution in [-0.4, -0.2) is 41.6 Å². The number of rotatable bonds is 6. The minimum atomic E-state index is 0.138. The van der Waals surface area contributed by atoms with E-state index in [9.17, 15) is 5.11 Å². The Balaban J connectivity index is 1.61. The summed E-state index contributed by atoms with van der Waals surface area (Å²) in [6.07, 6.45) is 1.60. The number of aromatic nitrogens is 1. The van der Waals surface area contributed by atoms with Gasteiger partial charge in [0.05, 0.1) is 44.8 Å². The van der Waals surface area contributed by atoms with Gasteiger partial charge in [-0.1, -0.05) is 0 Å². The number of hydrogen-bond acceptors (Lipinski definition) is 7. The van der Waals surface area contributed by atoms with E-state index in [2.05, 4.69) is 4.98 Å². The Kier molecular flexibility index (Phi) is 4.79. The van der Waals surface area contributed by atoms with E-state index in [0.717, 1.165) is 17.0 Å². The molecule has 8 heteroatoms. The van der Waals surface area contributed by atoms with Gasteiger partial charge < -0.3 is 23.9 Å². The van der Waals surface area contributed by atoms with Gasteiger partial charge in [0.25, 0.3) is 0 Å². The van der Waals surface area contributed by atoms with Gasteiger partial charge in [-0.05, 0) is 24.3 Å². The summed E-state index contributed by atoms with van der Waals surface area (Å²) in [5, 5.41) is 21.4. The van der Waals surface area contributed by atoms with Crippen molar-refractivity contribution < 1.29 is 19.0 Å². The molecular weight excluding hydrogens is 378 g/mol. The Morgan fingerprint density at radius 2 is 2.14 bits per heavy atom. The molecule has 1 aromatic carbocycles. The predicted octanol–water partition coefficient (Wildman–Crippen LogP) is 4.18. The predicted molar refractivity (Wildman–Crippen MR) is 107 cm³/mol. The molecule has 144 valence electrons. The van der Waals surface area contributed by atoms with Gasteiger partial charge in [-0.15, -0.1) is 11.3 Å². The molecule has 1 aliphatic heterocycles. The number of amidine groups is 1. The third-order valence-corrected chi connectivity index (χ3v) is 5.37. The molecule has 1 aliphatic rings. The number of furan rings is 1. The van der Waals surface area contributed by atoms with Crippen LogP contribution in [0.25, 0.3) is 16.8 Å². The zero-order valence-electron chi connectivity index (χ0n) is 15.4. The lowest BCUT2D eigenvalue weighted by molar-refractivity contribution is 0.328. The van der Waals surface area contributed by atoms with E-state index in [1.54, 1.807) is 37.5 Å². The largest absolute Gasteiger partial charge is 0.510 e. The molecule has 0 aliphatic carbocycles. The smallest absolute Gasteiger partial charge is 0.135 e. The van der Waals surface area contributed by atoms with Gasteiger partial charge in [-0.3, -0.25) is 5.41 Å². The normalized spacial score (nSPS) is 14.1. The van der Waals surface area contributed by atoms with Crippen LogP contribution in [0.1, 0.15) is 10.8 Å². The zero-order chi connectivity index (χ0) is 19.7. The molecule has 0 unspecified atom stereocenters. The number of methoxy groups -OCH3 is 2. The fraction of sp³-hybridized carbons (Fsp3) is 0.200. The van der Waals surface area contributed by atoms with Gasteiger partial charge in [0, 0.05) is 17.0 Å². The minimum Gasteiger partial charge on any atom is -0.510 e. The Hall–Kier alpha value is -3.26. The van der Waals surface area contributed by atoms with E-state index in [4.69, 9.17) is 19.3 Å². The SMILES string of the molecule is COc1ccc(-c2csc(C3=C(O)CN(Cc4ccco4)C3=N)n2)c(OC)c1. The number of benzene rings is 1. The lowest BCUT2D eigenvalue weighted by Gasteiger charge is -2.16. The maximum absolute atomic E-state index is 10.5. The van der Waals surface area contributed by atoms with Crippen LogP contribution in [0.15, 0.2) is 52.2 Å². The Morgan fingerprint density at radius 3 is 2.86 bits per heavy atom. The quantitative estimate of drug-likeness (QED) is 0.648. The Labute approximate surface area is 166 Å². The van der Waals surface area contributed by atoms with E-state index in [-0.39, 0.29) is 18.1 Å². The molecule has 0 saturated heterocycles. The lowest BCUT2D eigenvalue weighted by Crippen LogP contribution is -2.25. The van der Waals surface area contributed by atoms with Gasteiger partial charge in [0.15, 0.2) is 0 Å². The van der Waals surface area contributed by atoms with Gasteiger partial charge >= 0.3 is 0 Å². The summed E-state index contributed by atoms with van der Waals surface area (Å²) in [6.45, 7) is 0.680. The molecule has 0 radical (unpaired) electrons. The van der Waals surface area contributed by atoms with Crippen molar-refractivity contribution in [3.05, 3.63) is 58.5 Å². The maximum Gasteiger partial charge on any atom is 0.135 e. The Bertz CT molecular complexity index is 1040. The van der Waals surface area contributed by atoms with Crippen molar-refractivity contribution in [1.29, 1.82) is 5.41 Å². The van der Waals surface area contributed by atoms with Crippen molar-refractivity contribution in [2.45, 2.75) is 6.54 Å². The van der Waals surface area contributed by atoms with Crippen LogP contribution in [0, 0.1) is 5.41 Å². The monoisotopic (exact) mass is 397 g/mol. The van der Waals surface area contributed by atoms with Gasteiger partial charge in [0.2, 0.25) is 0 Å². The summed E-state index contributed by atoms with van der Waals surface area (Å²) < 4.78 is 16.0. The Morgan fingerprint density at radius 1 is 1.29 bits per heavy atom. The fourth-order valence-corrected chi connectivity index (χ4v) is 3.99. The average molecular weight is 397 g/mol. The highest BCUT2D eigenvalue weighted by Crippen LogP contribution is 2.37. The summed E-state index contributed by atoms with van der Waals surface area (Å²) in [6, 6.07) is 9.18. The second-order valence-electron chi connectivity index (χ2n) is 6.21. The number of ether oxygens (including phenoxy) is 2. The van der Waals surface area contributed by atoms with Crippen molar-refractivity contribution in [1.82, 2.24) is 9.88 Å². The summed E-state index contributed by atoms with van der Waals surface area (Å²) in [4.78, 5) is 6.40. The maximum atomic E-state index is 10.5. The van der Waals surface area contributed by atoms with Crippen LogP contribution in [0.5, 0.6) is 11.5 Å². The van der Waals surface area contributed by atoms with Gasteiger partial charge in [0.1, 0.15) is 33.9 Å². The number of hydrogen-bond donors (Lipinski definition) is 2. The highest BCUT2D eigenvalue weighted by Gasteiger charge is 2.31. The average Bonchev–Trinajstić information content (AvgIpc) is 3.43. The highest BCUT2D eigenvalue weighted by atomic mass is 32.1. The number of nitrogens with one attached hydrogen (secondary N) is 1. The highest BCUT2D eigenvalue weighted by molar-refractivity contribution is 7.11. The molecule has 0 saturated carbocycles. The summed E-state index contributed by atoms with van der Waals surface area (Å²) in [7, 11) is 3.20. The van der Waals surface area contributed by atoms with Crippen molar-refractivity contribution in [2.24, 2.45) is 0 Å². The molecular formula is C20H19N3O4S. The van der Waals surface area contributed by atoms with E-state index >= 15 is 0 Å². The van der Waals surface area contributed by atoms with Crippen LogP contribution >= 0.6 is 11.3 Å². The first-order chi connectivity index (χ1) is 13.6. The number of aliphatic hydroxyl groups is 1. The molecule has 0 spiro atoms. The summed E-state index contributed by atoms with van der Waals surface area (Å²) in [5.74, 6) is 2.45. The standard InChI is InChI=1S/C20H19N3O4S/c1-25-12-5-6-14(17(8-12)26-2)15-11-28-20(22-15)18-16(24)10-23(19(18)21)9-13-4-3-7-27-13/h3-8,11,21,24H,9-10H2,1-2H3. The third kappa shape index (κ3) is 3.22. The first-order valence-corrected chi connectivity index (χ1v) is 9.45. The molecule has 0 atom stereocenters. The van der Waals surface area contributed by atoms with Crippen molar-refractivity contribution in [3.63, 3.8) is 0 Å². The molecule has 7 nitrogen and oxygen atoms in total. The van der Waals surface area contributed by atoms with Crippen LogP contribution < -0.4 is 9.47 Å². The second-order valence-corrected chi connectivity index (χ2v) is 7.07. The van der Waals surface area contributed by atoms with Crippen LogP contribution in [0.4, 0.5) is 0 Å². The van der Waals surface area contributed by atoms with Gasteiger partial charge in [-0.25, -0.2) is 4.98 Å². The lowest BCUT2D eigenvalue weighted by atomic mass is 10.1. The molecule has 3 aromatic rings. The first-order valence-electron chi connectivity index (χ1n) is 8.57. The van der Waals surface area contributed by atoms with E-state index in [0.29, 0.717) is 28.6 Å². The third-order valence-electron chi connectivity index (χ3n) is 4.51. The summed E-state index contributed by atoms with van der Waals surface area (Å²) >= 11 is 1.38. The molecule has 0 bridgehead atoms. The van der Waals surface area contributed by atoms with Crippen LogP contribution in [0.3, 0.4) is 0 Å². The van der Waals surface area contributed by atoms with Crippen LogP contribution in [-0.2, 0) is 6.54 Å². The van der Waals surface area contributed by atoms with Crippen molar-refractivity contribution in [3.8, 4) is 22.8 Å². The van der Waals surface area contributed by atoms with Crippen molar-refractivity contribution in [2.75, 3.05) is 20.8 Å². The molecule has 0 amide bonds. The molecule has 4 rings (SSSR count). The summed E-state index contributed by atoms with van der Waals surface area (Å²) in [5.41, 5.74) is 2.00. The van der Waals surface area contributed by atoms with Crippen molar-refractivity contribution >= 4 is 22.7 Å². The topological polar surface area (TPSA) is 91.8 Å². The molecule has 2 aromatic heterocycles. The van der Waals surface area contributed by atoms with Gasteiger partial charge in [-0.2, -0.15) is 0 Å². The first kappa shape index (κ1) is 18.1. The minimum absolute atomic E-state index is 0.138. The number of aliphatic hydroxyl groups excluding tert-OH is 1. The fourth-order valence-electron chi connectivity index (χ4n) is 3.11. The number of nitrogens with zero attached hydrogens (tertiary/aromatic N) is 2. The molecule has 3 heterocycles.